The zero-order valence-electron chi connectivity index (χ0n) is 12.6. The first kappa shape index (κ1) is 15.6. The Morgan fingerprint density at radius 1 is 1.33 bits per heavy atom. The van der Waals surface area contributed by atoms with E-state index < -0.39 is 10.5 Å². The van der Waals surface area contributed by atoms with Crippen LogP contribution in [0, 0.1) is 15.5 Å². The van der Waals surface area contributed by atoms with Gasteiger partial charge < -0.3 is 16.2 Å². The first-order valence-electron chi connectivity index (χ1n) is 7.21. The third kappa shape index (κ3) is 3.85. The van der Waals surface area contributed by atoms with Crippen LogP contribution in [0.1, 0.15) is 39.5 Å². The van der Waals surface area contributed by atoms with Gasteiger partial charge in [-0.15, -0.1) is 0 Å². The molecule has 0 unspecified atom stereocenters. The van der Waals surface area contributed by atoms with Crippen molar-refractivity contribution in [1.82, 2.24) is 0 Å². The first-order valence-corrected chi connectivity index (χ1v) is 7.21. The van der Waals surface area contributed by atoms with Crippen LogP contribution in [0.4, 0.5) is 17.1 Å². The summed E-state index contributed by atoms with van der Waals surface area (Å²) in [6, 6.07) is 4.53. The smallest absolute Gasteiger partial charge is 0.292 e. The Bertz CT molecular complexity index is 533. The van der Waals surface area contributed by atoms with Gasteiger partial charge in [-0.2, -0.15) is 0 Å². The van der Waals surface area contributed by atoms with Gasteiger partial charge in [-0.1, -0.05) is 13.8 Å². The van der Waals surface area contributed by atoms with Crippen molar-refractivity contribution in [3.8, 4) is 0 Å². The van der Waals surface area contributed by atoms with Crippen LogP contribution in [0.25, 0.3) is 0 Å². The number of rotatable bonds is 4. The minimum absolute atomic E-state index is 0.0984. The van der Waals surface area contributed by atoms with E-state index in [0.29, 0.717) is 17.6 Å². The largest absolute Gasteiger partial charge is 0.393 e. The van der Waals surface area contributed by atoms with Gasteiger partial charge in [0.05, 0.1) is 10.5 Å². The number of nitrogens with two attached hydrogens (primary N) is 1. The fourth-order valence-electron chi connectivity index (χ4n) is 2.67. The molecular weight excluding hydrogens is 270 g/mol. The lowest BCUT2D eigenvalue weighted by Crippen LogP contribution is -2.42. The van der Waals surface area contributed by atoms with E-state index in [2.05, 4.69) is 19.2 Å². The molecule has 0 aromatic heterocycles. The van der Waals surface area contributed by atoms with Gasteiger partial charge in [0, 0.05) is 18.3 Å². The van der Waals surface area contributed by atoms with Crippen molar-refractivity contribution in [1.29, 1.82) is 0 Å². The van der Waals surface area contributed by atoms with Crippen LogP contribution >= 0.6 is 0 Å². The molecule has 1 aromatic carbocycles. The summed E-state index contributed by atoms with van der Waals surface area (Å²) in [6.45, 7) is 4.87. The molecule has 0 atom stereocenters. The number of hydrogen-bond donors (Lipinski definition) is 3. The second-order valence-corrected chi connectivity index (χ2v) is 6.77. The third-order valence-corrected chi connectivity index (χ3v) is 4.38. The molecule has 0 amide bonds. The monoisotopic (exact) mass is 293 g/mol. The number of hydrogen-bond acceptors (Lipinski definition) is 5. The normalized spacial score (nSPS) is 20.0. The molecule has 1 fully saturated rings. The molecule has 1 aliphatic rings. The van der Waals surface area contributed by atoms with E-state index in [1.54, 1.807) is 6.07 Å². The number of aliphatic hydroxyl groups is 1. The summed E-state index contributed by atoms with van der Waals surface area (Å²) in [7, 11) is 0. The summed E-state index contributed by atoms with van der Waals surface area (Å²) in [6.07, 6.45) is 3.51. The second-order valence-electron chi connectivity index (χ2n) is 6.77. The highest BCUT2D eigenvalue weighted by atomic mass is 16.6. The third-order valence-electron chi connectivity index (χ3n) is 4.38. The Morgan fingerprint density at radius 2 is 1.95 bits per heavy atom. The van der Waals surface area contributed by atoms with Gasteiger partial charge in [0.1, 0.15) is 5.69 Å². The second kappa shape index (κ2) is 5.52. The zero-order valence-corrected chi connectivity index (χ0v) is 12.6. The average molecular weight is 293 g/mol. The summed E-state index contributed by atoms with van der Waals surface area (Å²) in [4.78, 5) is 10.2. The highest BCUT2D eigenvalue weighted by molar-refractivity contribution is 5.65. The molecule has 0 radical (unpaired) electrons. The summed E-state index contributed by atoms with van der Waals surface area (Å²) in [5.74, 6) is 0. The van der Waals surface area contributed by atoms with Crippen molar-refractivity contribution in [2.75, 3.05) is 17.6 Å². The molecule has 4 N–H and O–H groups in total. The van der Waals surface area contributed by atoms with Crippen LogP contribution in [0.3, 0.4) is 0 Å². The van der Waals surface area contributed by atoms with E-state index in [0.717, 1.165) is 25.7 Å². The minimum Gasteiger partial charge on any atom is -0.393 e. The summed E-state index contributed by atoms with van der Waals surface area (Å²) in [5, 5.41) is 24.4. The van der Waals surface area contributed by atoms with Crippen LogP contribution in [0.15, 0.2) is 18.2 Å². The lowest BCUT2D eigenvalue weighted by atomic mass is 9.71. The number of nitrogen functional groups attached to an aromatic ring is 1. The van der Waals surface area contributed by atoms with E-state index in [-0.39, 0.29) is 11.4 Å². The molecule has 1 aromatic rings. The highest BCUT2D eigenvalue weighted by Gasteiger charge is 2.36. The molecule has 6 heteroatoms. The van der Waals surface area contributed by atoms with Crippen molar-refractivity contribution < 1.29 is 10.0 Å². The molecule has 116 valence electrons. The molecule has 0 saturated heterocycles. The minimum atomic E-state index is -0.716. The van der Waals surface area contributed by atoms with Crippen molar-refractivity contribution in [3.63, 3.8) is 0 Å². The fourth-order valence-corrected chi connectivity index (χ4v) is 2.67. The van der Waals surface area contributed by atoms with Gasteiger partial charge in [-0.25, -0.2) is 0 Å². The Kier molecular flexibility index (Phi) is 4.09. The van der Waals surface area contributed by atoms with Crippen LogP contribution in [0.5, 0.6) is 0 Å². The number of anilines is 2. The van der Waals surface area contributed by atoms with Crippen molar-refractivity contribution >= 4 is 17.1 Å². The van der Waals surface area contributed by atoms with E-state index in [4.69, 9.17) is 5.73 Å². The Labute approximate surface area is 124 Å². The zero-order chi connectivity index (χ0) is 15.7. The molecule has 6 nitrogen and oxygen atoms in total. The maximum atomic E-state index is 10.7. The number of nitro benzene ring substituents is 1. The molecule has 0 heterocycles. The predicted molar refractivity (Wildman–Crippen MR) is 83.2 cm³/mol. The molecule has 2 rings (SSSR count). The molecule has 0 aliphatic heterocycles. The quantitative estimate of drug-likeness (QED) is 0.450. The Balaban J connectivity index is 1.97. The number of nitrogens with one attached hydrogen (secondary N) is 1. The van der Waals surface area contributed by atoms with Crippen LogP contribution in [0.2, 0.25) is 0 Å². The van der Waals surface area contributed by atoms with Crippen molar-refractivity contribution in [2.24, 2.45) is 5.41 Å². The van der Waals surface area contributed by atoms with Crippen molar-refractivity contribution in [2.45, 2.75) is 45.1 Å². The van der Waals surface area contributed by atoms with E-state index in [1.165, 1.54) is 12.1 Å². The maximum Gasteiger partial charge on any atom is 0.292 e. The van der Waals surface area contributed by atoms with E-state index in [1.807, 2.05) is 0 Å². The van der Waals surface area contributed by atoms with Crippen LogP contribution in [-0.4, -0.2) is 22.2 Å². The molecule has 1 aliphatic carbocycles. The predicted octanol–water partition coefficient (Wildman–Crippen LogP) is 2.92. The topological polar surface area (TPSA) is 101 Å². The number of nitro groups is 1. The lowest BCUT2D eigenvalue weighted by molar-refractivity contribution is -0.383. The SMILES string of the molecule is CC1(C)CCC(O)(CNc2ccc([N+](=O)[O-])c(N)c2)CC1. The average Bonchev–Trinajstić information content (AvgIpc) is 2.40. The van der Waals surface area contributed by atoms with Gasteiger partial charge >= 0.3 is 0 Å². The van der Waals surface area contributed by atoms with E-state index >= 15 is 0 Å². The molecular formula is C15H23N3O3. The molecule has 0 bridgehead atoms. The van der Waals surface area contributed by atoms with Crippen LogP contribution in [-0.2, 0) is 0 Å². The molecule has 21 heavy (non-hydrogen) atoms. The fraction of sp³-hybridized carbons (Fsp3) is 0.600. The highest BCUT2D eigenvalue weighted by Crippen LogP contribution is 2.40. The molecule has 0 spiro atoms. The standard InChI is InChI=1S/C15H23N3O3/c1-14(2)5-7-15(19,8-6-14)10-17-11-3-4-13(18(20)21)12(16)9-11/h3-4,9,17,19H,5-8,10,16H2,1-2H3. The Morgan fingerprint density at radius 3 is 2.48 bits per heavy atom. The number of nitrogens with zero attached hydrogens (tertiary/aromatic N) is 1. The van der Waals surface area contributed by atoms with Gasteiger partial charge in [0.25, 0.3) is 5.69 Å². The summed E-state index contributed by atoms with van der Waals surface area (Å²) < 4.78 is 0. The van der Waals surface area contributed by atoms with Gasteiger partial charge in [-0.05, 0) is 43.2 Å². The van der Waals surface area contributed by atoms with Gasteiger partial charge in [0.15, 0.2) is 0 Å². The summed E-state index contributed by atoms with van der Waals surface area (Å²) in [5.41, 5.74) is 5.95. The van der Waals surface area contributed by atoms with E-state index in [9.17, 15) is 15.2 Å². The maximum absolute atomic E-state index is 10.7. The van der Waals surface area contributed by atoms with Crippen molar-refractivity contribution in [3.05, 3.63) is 28.3 Å². The van der Waals surface area contributed by atoms with Crippen LogP contribution < -0.4 is 11.1 Å². The Hall–Kier alpha value is -1.82. The first-order chi connectivity index (χ1) is 9.71. The van der Waals surface area contributed by atoms with Gasteiger partial charge in [-0.3, -0.25) is 10.1 Å². The lowest BCUT2D eigenvalue weighted by Gasteiger charge is -2.40. The molecule has 1 saturated carbocycles. The van der Waals surface area contributed by atoms with Gasteiger partial charge in [0.2, 0.25) is 0 Å². The number of benzene rings is 1. The summed E-state index contributed by atoms with van der Waals surface area (Å²) >= 11 is 0.